The average molecular weight is 284 g/mol. The molecule has 0 fully saturated rings. The van der Waals surface area contributed by atoms with Crippen molar-refractivity contribution in [3.63, 3.8) is 0 Å². The van der Waals surface area contributed by atoms with Gasteiger partial charge >= 0.3 is 0 Å². The second-order valence-electron chi connectivity index (χ2n) is 3.73. The highest BCUT2D eigenvalue weighted by Crippen LogP contribution is 2.15. The van der Waals surface area contributed by atoms with E-state index in [2.05, 4.69) is 14.7 Å². The van der Waals surface area contributed by atoms with Crippen LogP contribution in [0.25, 0.3) is 0 Å². The van der Waals surface area contributed by atoms with Gasteiger partial charge in [-0.15, -0.1) is 0 Å². The Morgan fingerprint density at radius 3 is 2.50 bits per heavy atom. The second kappa shape index (κ2) is 4.91. The molecule has 0 saturated carbocycles. The van der Waals surface area contributed by atoms with Crippen molar-refractivity contribution in [3.8, 4) is 0 Å². The van der Waals surface area contributed by atoms with Crippen LogP contribution in [0.2, 0.25) is 0 Å². The average Bonchev–Trinajstić information content (AvgIpc) is 2.72. The summed E-state index contributed by atoms with van der Waals surface area (Å²) < 4.78 is 26.4. The number of benzene rings is 1. The Labute approximate surface area is 109 Å². The summed E-state index contributed by atoms with van der Waals surface area (Å²) in [7, 11) is -3.14. The molecule has 0 spiro atoms. The van der Waals surface area contributed by atoms with Gasteiger partial charge in [-0.05, 0) is 17.7 Å². The number of rotatable bonds is 4. The third kappa shape index (κ3) is 3.17. The first-order valence-electron chi connectivity index (χ1n) is 5.07. The standard InChI is InChI=1S/C10H12N4O2S2/c1-18(15,16)8-4-2-7(3-5-8)6-12-10-13-9(11)14-17-10/h2-5H,6H2,1H3,(H3,11,12,13,14). The molecule has 18 heavy (non-hydrogen) atoms. The van der Waals surface area contributed by atoms with Crippen molar-refractivity contribution in [2.24, 2.45) is 0 Å². The maximum Gasteiger partial charge on any atom is 0.233 e. The predicted octanol–water partition coefficient (Wildman–Crippen LogP) is 1.14. The molecule has 1 aromatic carbocycles. The van der Waals surface area contributed by atoms with Crippen LogP contribution in [0.3, 0.4) is 0 Å². The Morgan fingerprint density at radius 1 is 1.33 bits per heavy atom. The van der Waals surface area contributed by atoms with Crippen LogP contribution in [-0.4, -0.2) is 24.0 Å². The number of nitrogens with two attached hydrogens (primary N) is 1. The molecular weight excluding hydrogens is 272 g/mol. The van der Waals surface area contributed by atoms with Gasteiger partial charge in [-0.3, -0.25) is 0 Å². The summed E-state index contributed by atoms with van der Waals surface area (Å²) in [6.45, 7) is 0.540. The van der Waals surface area contributed by atoms with E-state index in [1.165, 1.54) is 17.8 Å². The number of sulfone groups is 1. The van der Waals surface area contributed by atoms with Crippen LogP contribution < -0.4 is 11.1 Å². The van der Waals surface area contributed by atoms with Crippen LogP contribution in [0.15, 0.2) is 29.2 Å². The van der Waals surface area contributed by atoms with E-state index in [0.29, 0.717) is 16.6 Å². The van der Waals surface area contributed by atoms with Crippen molar-refractivity contribution in [3.05, 3.63) is 29.8 Å². The van der Waals surface area contributed by atoms with Crippen LogP contribution in [-0.2, 0) is 16.4 Å². The van der Waals surface area contributed by atoms with E-state index < -0.39 is 9.84 Å². The monoisotopic (exact) mass is 284 g/mol. The van der Waals surface area contributed by atoms with Gasteiger partial charge < -0.3 is 11.1 Å². The van der Waals surface area contributed by atoms with Gasteiger partial charge in [-0.1, -0.05) is 12.1 Å². The van der Waals surface area contributed by atoms with Gasteiger partial charge in [0.25, 0.3) is 0 Å². The molecule has 0 saturated heterocycles. The van der Waals surface area contributed by atoms with Gasteiger partial charge in [0.2, 0.25) is 11.1 Å². The highest BCUT2D eigenvalue weighted by atomic mass is 32.2. The van der Waals surface area contributed by atoms with E-state index >= 15 is 0 Å². The molecule has 0 atom stereocenters. The summed E-state index contributed by atoms with van der Waals surface area (Å²) in [4.78, 5) is 4.27. The van der Waals surface area contributed by atoms with Crippen molar-refractivity contribution in [1.82, 2.24) is 9.36 Å². The lowest BCUT2D eigenvalue weighted by atomic mass is 10.2. The Balaban J connectivity index is 2.03. The van der Waals surface area contributed by atoms with Crippen molar-refractivity contribution >= 4 is 32.4 Å². The fourth-order valence-corrected chi connectivity index (χ4v) is 2.46. The van der Waals surface area contributed by atoms with E-state index in [0.717, 1.165) is 5.56 Å². The molecule has 2 rings (SSSR count). The lowest BCUT2D eigenvalue weighted by Crippen LogP contribution is -2.01. The Bertz CT molecular complexity index is 634. The summed E-state index contributed by atoms with van der Waals surface area (Å²) in [5, 5.41) is 3.69. The minimum Gasteiger partial charge on any atom is -0.367 e. The zero-order chi connectivity index (χ0) is 13.2. The van der Waals surface area contributed by atoms with Gasteiger partial charge in [-0.25, -0.2) is 8.42 Å². The highest BCUT2D eigenvalue weighted by molar-refractivity contribution is 7.90. The van der Waals surface area contributed by atoms with E-state index in [1.54, 1.807) is 24.3 Å². The molecule has 0 radical (unpaired) electrons. The smallest absolute Gasteiger partial charge is 0.233 e. The molecule has 2 aromatic rings. The zero-order valence-corrected chi connectivity index (χ0v) is 11.3. The number of nitrogens with one attached hydrogen (secondary N) is 1. The summed E-state index contributed by atoms with van der Waals surface area (Å²) in [5.74, 6) is 0.245. The van der Waals surface area contributed by atoms with Crippen LogP contribution in [0.5, 0.6) is 0 Å². The van der Waals surface area contributed by atoms with E-state index in [9.17, 15) is 8.42 Å². The molecule has 0 amide bonds. The predicted molar refractivity (Wildman–Crippen MR) is 71.2 cm³/mol. The SMILES string of the molecule is CS(=O)(=O)c1ccc(CNc2nc(N)ns2)cc1. The molecule has 1 aromatic heterocycles. The van der Waals surface area contributed by atoms with Crippen molar-refractivity contribution in [2.45, 2.75) is 11.4 Å². The third-order valence-electron chi connectivity index (χ3n) is 2.24. The van der Waals surface area contributed by atoms with E-state index in [4.69, 9.17) is 5.73 Å². The second-order valence-corrected chi connectivity index (χ2v) is 6.49. The zero-order valence-electron chi connectivity index (χ0n) is 9.62. The molecule has 0 aliphatic rings. The molecule has 6 nitrogen and oxygen atoms in total. The molecular formula is C10H12N4O2S2. The third-order valence-corrected chi connectivity index (χ3v) is 4.05. The van der Waals surface area contributed by atoms with Gasteiger partial charge in [-0.2, -0.15) is 9.36 Å². The summed E-state index contributed by atoms with van der Waals surface area (Å²) in [5.41, 5.74) is 6.35. The summed E-state index contributed by atoms with van der Waals surface area (Å²) in [6.07, 6.45) is 1.18. The minimum absolute atomic E-state index is 0.245. The first-order chi connectivity index (χ1) is 8.45. The summed E-state index contributed by atoms with van der Waals surface area (Å²) >= 11 is 1.18. The molecule has 8 heteroatoms. The molecule has 1 heterocycles. The topological polar surface area (TPSA) is 98.0 Å². The summed E-state index contributed by atoms with van der Waals surface area (Å²) in [6, 6.07) is 6.68. The Kier molecular flexibility index (Phi) is 3.48. The number of hydrogen-bond donors (Lipinski definition) is 2. The van der Waals surface area contributed by atoms with Crippen molar-refractivity contribution in [2.75, 3.05) is 17.3 Å². The number of aromatic nitrogens is 2. The highest BCUT2D eigenvalue weighted by Gasteiger charge is 2.06. The molecule has 0 bridgehead atoms. The first-order valence-corrected chi connectivity index (χ1v) is 7.74. The van der Waals surface area contributed by atoms with Crippen molar-refractivity contribution < 1.29 is 8.42 Å². The quantitative estimate of drug-likeness (QED) is 0.873. The molecule has 3 N–H and O–H groups in total. The van der Waals surface area contributed by atoms with Crippen molar-refractivity contribution in [1.29, 1.82) is 0 Å². The van der Waals surface area contributed by atoms with E-state index in [1.807, 2.05) is 0 Å². The number of nitrogen functional groups attached to an aromatic ring is 1. The number of hydrogen-bond acceptors (Lipinski definition) is 7. The van der Waals surface area contributed by atoms with Crippen LogP contribution in [0.1, 0.15) is 5.56 Å². The maximum absolute atomic E-state index is 11.3. The largest absolute Gasteiger partial charge is 0.367 e. The fraction of sp³-hybridized carbons (Fsp3) is 0.200. The molecule has 0 aliphatic heterocycles. The van der Waals surface area contributed by atoms with Crippen LogP contribution in [0, 0.1) is 0 Å². The van der Waals surface area contributed by atoms with Gasteiger partial charge in [0, 0.05) is 24.3 Å². The first kappa shape index (κ1) is 12.8. The molecule has 0 aliphatic carbocycles. The van der Waals surface area contributed by atoms with Gasteiger partial charge in [0.15, 0.2) is 9.84 Å². The Morgan fingerprint density at radius 2 is 2.00 bits per heavy atom. The lowest BCUT2D eigenvalue weighted by molar-refractivity contribution is 0.602. The number of nitrogens with zero attached hydrogens (tertiary/aromatic N) is 2. The van der Waals surface area contributed by atoms with Crippen LogP contribution >= 0.6 is 11.5 Å². The fourth-order valence-electron chi connectivity index (χ4n) is 1.34. The van der Waals surface area contributed by atoms with E-state index in [-0.39, 0.29) is 5.95 Å². The Hall–Kier alpha value is -1.67. The maximum atomic E-state index is 11.3. The van der Waals surface area contributed by atoms with Gasteiger partial charge in [0.1, 0.15) is 0 Å². The number of anilines is 2. The molecule has 96 valence electrons. The molecule has 0 unspecified atom stereocenters. The minimum atomic E-state index is -3.14. The van der Waals surface area contributed by atoms with Crippen LogP contribution in [0.4, 0.5) is 11.1 Å². The lowest BCUT2D eigenvalue weighted by Gasteiger charge is -2.03. The van der Waals surface area contributed by atoms with Gasteiger partial charge in [0.05, 0.1) is 4.90 Å². The normalized spacial score (nSPS) is 11.4.